The molecule has 0 unspecified atom stereocenters. The Balaban J connectivity index is 2.14. The van der Waals surface area contributed by atoms with Gasteiger partial charge in [0.2, 0.25) is 0 Å². The van der Waals surface area contributed by atoms with Crippen molar-refractivity contribution in [3.8, 4) is 0 Å². The maximum absolute atomic E-state index is 12.2. The van der Waals surface area contributed by atoms with Gasteiger partial charge in [0, 0.05) is 35.9 Å². The molecule has 0 amide bonds. The van der Waals surface area contributed by atoms with E-state index in [0.717, 1.165) is 15.8 Å². The molecule has 2 heterocycles. The second-order valence-corrected chi connectivity index (χ2v) is 5.98. The molecule has 0 fully saturated rings. The molecule has 3 nitrogen and oxygen atoms in total. The summed E-state index contributed by atoms with van der Waals surface area (Å²) in [7, 11) is 0. The van der Waals surface area contributed by atoms with Crippen LogP contribution in [0.4, 0.5) is 13.2 Å². The van der Waals surface area contributed by atoms with E-state index >= 15 is 0 Å². The molecule has 0 aliphatic carbocycles. The van der Waals surface area contributed by atoms with Gasteiger partial charge in [-0.1, -0.05) is 0 Å². The summed E-state index contributed by atoms with van der Waals surface area (Å²) >= 11 is 9.08. The Morgan fingerprint density at radius 2 is 2.05 bits per heavy atom. The summed E-state index contributed by atoms with van der Waals surface area (Å²) in [6, 6.07) is 1.84. The zero-order chi connectivity index (χ0) is 15.5. The fraction of sp³-hybridized carbons (Fsp3) is 0.538. The van der Waals surface area contributed by atoms with E-state index in [0.29, 0.717) is 30.9 Å². The molecule has 0 aliphatic rings. The van der Waals surface area contributed by atoms with Crippen molar-refractivity contribution in [2.24, 2.45) is 0 Å². The van der Waals surface area contributed by atoms with Crippen molar-refractivity contribution >= 4 is 38.7 Å². The summed E-state index contributed by atoms with van der Waals surface area (Å²) in [4.78, 5) is 8.75. The Morgan fingerprint density at radius 3 is 2.71 bits per heavy atom. The fourth-order valence-corrected chi connectivity index (χ4v) is 2.63. The molecule has 8 heteroatoms. The van der Waals surface area contributed by atoms with Crippen molar-refractivity contribution in [2.45, 2.75) is 38.4 Å². The normalized spacial score (nSPS) is 12.2. The predicted octanol–water partition coefficient (Wildman–Crippen LogP) is 4.71. The SMILES string of the molecule is FC(F)(F)CCCCn1c(CCCl)nc2cc(Br)cnc21. The number of nitrogens with zero attached hydrogens (tertiary/aromatic N) is 3. The topological polar surface area (TPSA) is 30.7 Å². The summed E-state index contributed by atoms with van der Waals surface area (Å²) in [5.41, 5.74) is 1.41. The molecular formula is C13H14BrClF3N3. The van der Waals surface area contributed by atoms with Crippen LogP contribution in [-0.2, 0) is 13.0 Å². The Kier molecular flexibility index (Phi) is 5.48. The molecular weight excluding hydrogens is 371 g/mol. The molecule has 116 valence electrons. The summed E-state index contributed by atoms with van der Waals surface area (Å²) in [6.45, 7) is 0.466. The van der Waals surface area contributed by atoms with Crippen LogP contribution in [-0.4, -0.2) is 26.6 Å². The van der Waals surface area contributed by atoms with Crippen LogP contribution >= 0.6 is 27.5 Å². The number of aryl methyl sites for hydroxylation is 2. The number of hydrogen-bond donors (Lipinski definition) is 0. The summed E-state index contributed by atoms with van der Waals surface area (Å²) in [6.07, 6.45) is -2.12. The Morgan fingerprint density at radius 1 is 1.29 bits per heavy atom. The lowest BCUT2D eigenvalue weighted by Crippen LogP contribution is -2.09. The van der Waals surface area contributed by atoms with Crippen LogP contribution in [0.15, 0.2) is 16.7 Å². The van der Waals surface area contributed by atoms with E-state index in [1.54, 1.807) is 6.20 Å². The second kappa shape index (κ2) is 6.96. The smallest absolute Gasteiger partial charge is 0.313 e. The van der Waals surface area contributed by atoms with Crippen molar-refractivity contribution in [3.63, 3.8) is 0 Å². The van der Waals surface area contributed by atoms with E-state index in [2.05, 4.69) is 25.9 Å². The highest BCUT2D eigenvalue weighted by atomic mass is 79.9. The van der Waals surface area contributed by atoms with E-state index < -0.39 is 12.6 Å². The summed E-state index contributed by atoms with van der Waals surface area (Å²) in [5.74, 6) is 1.17. The van der Waals surface area contributed by atoms with Gasteiger partial charge in [-0.15, -0.1) is 11.6 Å². The monoisotopic (exact) mass is 383 g/mol. The lowest BCUT2D eigenvalue weighted by molar-refractivity contribution is -0.135. The first-order valence-corrected chi connectivity index (χ1v) is 7.87. The van der Waals surface area contributed by atoms with Crippen LogP contribution in [0.1, 0.15) is 25.1 Å². The number of unbranched alkanes of at least 4 members (excludes halogenated alkanes) is 1. The number of pyridine rings is 1. The molecule has 0 bridgehead atoms. The van der Waals surface area contributed by atoms with Gasteiger partial charge >= 0.3 is 6.18 Å². The van der Waals surface area contributed by atoms with Gasteiger partial charge in [0.15, 0.2) is 5.65 Å². The predicted molar refractivity (Wildman–Crippen MR) is 79.6 cm³/mol. The summed E-state index contributed by atoms with van der Waals surface area (Å²) < 4.78 is 39.2. The van der Waals surface area contributed by atoms with Gasteiger partial charge in [-0.25, -0.2) is 9.97 Å². The van der Waals surface area contributed by atoms with Crippen LogP contribution < -0.4 is 0 Å². The number of halogens is 5. The van der Waals surface area contributed by atoms with Gasteiger partial charge in [-0.3, -0.25) is 0 Å². The second-order valence-electron chi connectivity index (χ2n) is 4.69. The third kappa shape index (κ3) is 4.57. The van der Waals surface area contributed by atoms with E-state index in [-0.39, 0.29) is 6.42 Å². The highest BCUT2D eigenvalue weighted by molar-refractivity contribution is 9.10. The molecule has 2 aromatic rings. The Bertz CT molecular complexity index is 612. The number of fused-ring (bicyclic) bond motifs is 1. The maximum Gasteiger partial charge on any atom is 0.389 e. The third-order valence-corrected chi connectivity index (χ3v) is 3.66. The molecule has 0 radical (unpaired) electrons. The average Bonchev–Trinajstić information content (AvgIpc) is 2.71. The average molecular weight is 385 g/mol. The highest BCUT2D eigenvalue weighted by Gasteiger charge is 2.26. The minimum absolute atomic E-state index is 0.0972. The number of alkyl halides is 4. The maximum atomic E-state index is 12.2. The number of aromatic nitrogens is 3. The van der Waals surface area contributed by atoms with E-state index in [1.807, 2.05) is 10.6 Å². The number of rotatable bonds is 6. The minimum atomic E-state index is -4.10. The summed E-state index contributed by atoms with van der Waals surface area (Å²) in [5, 5.41) is 0. The van der Waals surface area contributed by atoms with Crippen molar-refractivity contribution in [2.75, 3.05) is 5.88 Å². The number of imidazole rings is 1. The van der Waals surface area contributed by atoms with Crippen LogP contribution in [0.3, 0.4) is 0 Å². The van der Waals surface area contributed by atoms with Gasteiger partial charge in [-0.2, -0.15) is 13.2 Å². The van der Waals surface area contributed by atoms with Crippen molar-refractivity contribution in [1.82, 2.24) is 14.5 Å². The van der Waals surface area contributed by atoms with Crippen LogP contribution in [0.2, 0.25) is 0 Å². The Hall–Kier alpha value is -0.820. The highest BCUT2D eigenvalue weighted by Crippen LogP contribution is 2.24. The van der Waals surface area contributed by atoms with Crippen molar-refractivity contribution in [1.29, 1.82) is 0 Å². The first-order valence-electron chi connectivity index (χ1n) is 6.54. The van der Waals surface area contributed by atoms with Crippen molar-refractivity contribution < 1.29 is 13.2 Å². The first-order chi connectivity index (χ1) is 9.90. The van der Waals surface area contributed by atoms with Crippen LogP contribution in [0.25, 0.3) is 11.2 Å². The van der Waals surface area contributed by atoms with Gasteiger partial charge in [0.05, 0.1) is 0 Å². The van der Waals surface area contributed by atoms with Gasteiger partial charge < -0.3 is 4.57 Å². The molecule has 0 atom stereocenters. The fourth-order valence-electron chi connectivity index (χ4n) is 2.14. The lowest BCUT2D eigenvalue weighted by Gasteiger charge is -2.09. The van der Waals surface area contributed by atoms with E-state index in [4.69, 9.17) is 11.6 Å². The molecule has 0 spiro atoms. The molecule has 0 aliphatic heterocycles. The largest absolute Gasteiger partial charge is 0.389 e. The van der Waals surface area contributed by atoms with Gasteiger partial charge in [0.1, 0.15) is 11.3 Å². The lowest BCUT2D eigenvalue weighted by atomic mass is 10.2. The van der Waals surface area contributed by atoms with Crippen molar-refractivity contribution in [3.05, 3.63) is 22.6 Å². The first kappa shape index (κ1) is 16.5. The van der Waals surface area contributed by atoms with Gasteiger partial charge in [0.25, 0.3) is 0 Å². The zero-order valence-electron chi connectivity index (χ0n) is 11.1. The van der Waals surface area contributed by atoms with Gasteiger partial charge in [-0.05, 0) is 34.8 Å². The Labute approximate surface area is 133 Å². The quantitative estimate of drug-likeness (QED) is 0.533. The molecule has 0 saturated carbocycles. The zero-order valence-corrected chi connectivity index (χ0v) is 13.5. The minimum Gasteiger partial charge on any atom is -0.313 e. The molecule has 0 N–H and O–H groups in total. The van der Waals surface area contributed by atoms with Crippen LogP contribution in [0.5, 0.6) is 0 Å². The molecule has 0 saturated heterocycles. The molecule has 2 aromatic heterocycles. The number of hydrogen-bond acceptors (Lipinski definition) is 2. The van der Waals surface area contributed by atoms with E-state index in [1.165, 1.54) is 0 Å². The standard InChI is InChI=1S/C13H14BrClF3N3/c14-9-7-10-12(19-8-9)21(11(20-10)3-5-15)6-2-1-4-13(16,17)18/h7-8H,1-6H2. The third-order valence-electron chi connectivity index (χ3n) is 3.04. The van der Waals surface area contributed by atoms with Crippen LogP contribution in [0, 0.1) is 0 Å². The molecule has 2 rings (SSSR count). The molecule has 21 heavy (non-hydrogen) atoms. The van der Waals surface area contributed by atoms with E-state index in [9.17, 15) is 13.2 Å². The molecule has 0 aromatic carbocycles.